The van der Waals surface area contributed by atoms with Gasteiger partial charge in [0, 0.05) is 29.9 Å². The first-order valence-electron chi connectivity index (χ1n) is 12.0. The number of unbranched alkanes of at least 4 members (excludes halogenated alkanes) is 2. The average Bonchev–Trinajstić information content (AvgIpc) is 2.83. The van der Waals surface area contributed by atoms with Gasteiger partial charge < -0.3 is 0 Å². The third-order valence-corrected chi connectivity index (χ3v) is 7.17. The molecule has 0 saturated heterocycles. The van der Waals surface area contributed by atoms with Crippen molar-refractivity contribution >= 4 is 11.8 Å². The molecule has 248 valence electrons. The Labute approximate surface area is 238 Å². The number of halogens is 17. The molecule has 0 amide bonds. The predicted molar refractivity (Wildman–Crippen MR) is 123 cm³/mol. The number of aryl methyl sites for hydroxylation is 2. The lowest BCUT2D eigenvalue weighted by molar-refractivity contribution is -0.461. The van der Waals surface area contributed by atoms with Gasteiger partial charge in [-0.15, -0.1) is 17.7 Å². The maximum absolute atomic E-state index is 14.3. The van der Waals surface area contributed by atoms with Crippen molar-refractivity contribution in [3.05, 3.63) is 28.8 Å². The summed E-state index contributed by atoms with van der Waals surface area (Å²) in [6.45, 7) is 4.98. The van der Waals surface area contributed by atoms with Crippen molar-refractivity contribution in [2.24, 2.45) is 0 Å². The van der Waals surface area contributed by atoms with E-state index in [0.29, 0.717) is 34.9 Å². The molecular formula is C25H23F17S. The van der Waals surface area contributed by atoms with Crippen LogP contribution >= 0.6 is 11.8 Å². The lowest BCUT2D eigenvalue weighted by atomic mass is 9.88. The Bertz CT molecular complexity index is 1170. The third kappa shape index (κ3) is 6.95. The number of benzene rings is 1. The van der Waals surface area contributed by atoms with Gasteiger partial charge in [-0.2, -0.15) is 74.6 Å². The number of thioether (sulfide) groups is 1. The second-order valence-corrected chi connectivity index (χ2v) is 10.6. The molecule has 43 heavy (non-hydrogen) atoms. The van der Waals surface area contributed by atoms with Gasteiger partial charge in [0.25, 0.3) is 0 Å². The molecule has 0 atom stereocenters. The van der Waals surface area contributed by atoms with Gasteiger partial charge in [0.05, 0.1) is 0 Å². The van der Waals surface area contributed by atoms with E-state index in [1.165, 1.54) is 13.0 Å². The topological polar surface area (TPSA) is 0 Å². The van der Waals surface area contributed by atoms with Crippen LogP contribution < -0.4 is 0 Å². The molecule has 0 unspecified atom stereocenters. The molecule has 0 fully saturated rings. The number of hydrogen-bond acceptors (Lipinski definition) is 1. The summed E-state index contributed by atoms with van der Waals surface area (Å²) in [5.74, 6) is -51.9. The van der Waals surface area contributed by atoms with E-state index in [-0.39, 0.29) is 11.3 Å². The van der Waals surface area contributed by atoms with Gasteiger partial charge in [-0.25, -0.2) is 0 Å². The van der Waals surface area contributed by atoms with Crippen LogP contribution in [-0.4, -0.2) is 53.4 Å². The number of alkyl halides is 17. The fraction of sp³-hybridized carbons (Fsp3) is 0.680. The van der Waals surface area contributed by atoms with Crippen LogP contribution in [0.2, 0.25) is 0 Å². The zero-order chi connectivity index (χ0) is 34.1. The van der Waals surface area contributed by atoms with Crippen LogP contribution in [0.1, 0.15) is 49.3 Å². The SMILES string of the molecule is CCCCC#CCc1c(C)cc(C)cc1SCCC(F)(F)C(F)(F)C(F)(F)C(F)(F)C(F)(F)C(F)(F)C(F)(F)C(F)(F)F. The summed E-state index contributed by atoms with van der Waals surface area (Å²) >= 11 is 0.315. The van der Waals surface area contributed by atoms with E-state index < -0.39 is 59.8 Å². The Morgan fingerprint density at radius 3 is 1.56 bits per heavy atom. The van der Waals surface area contributed by atoms with Crippen LogP contribution in [-0.2, 0) is 6.42 Å². The summed E-state index contributed by atoms with van der Waals surface area (Å²) in [5, 5.41) is 0. The Hall–Kier alpha value is -2.06. The number of rotatable bonds is 13. The first-order chi connectivity index (χ1) is 19.1. The number of hydrogen-bond donors (Lipinski definition) is 0. The largest absolute Gasteiger partial charge is 0.460 e. The fourth-order valence-corrected chi connectivity index (χ4v) is 4.72. The highest BCUT2D eigenvalue weighted by atomic mass is 32.2. The van der Waals surface area contributed by atoms with E-state index in [4.69, 9.17) is 0 Å². The normalized spacial score (nSPS) is 14.5. The summed E-state index contributed by atoms with van der Waals surface area (Å²) in [6.07, 6.45) is -8.16. The molecule has 0 aliphatic heterocycles. The molecule has 0 spiro atoms. The summed E-state index contributed by atoms with van der Waals surface area (Å²) in [5.41, 5.74) is 1.43. The van der Waals surface area contributed by atoms with E-state index in [0.717, 1.165) is 12.8 Å². The van der Waals surface area contributed by atoms with Crippen LogP contribution in [0.5, 0.6) is 0 Å². The zero-order valence-electron chi connectivity index (χ0n) is 22.2. The van der Waals surface area contributed by atoms with Crippen molar-refractivity contribution in [1.29, 1.82) is 0 Å². The third-order valence-electron chi connectivity index (χ3n) is 6.08. The molecule has 1 aromatic carbocycles. The summed E-state index contributed by atoms with van der Waals surface area (Å²) < 4.78 is 229. The molecule has 0 heterocycles. The average molecular weight is 678 g/mol. The smallest absolute Gasteiger partial charge is 0.200 e. The Kier molecular flexibility index (Phi) is 11.5. The molecule has 1 aromatic rings. The maximum Gasteiger partial charge on any atom is 0.460 e. The van der Waals surface area contributed by atoms with Gasteiger partial charge in [0.1, 0.15) is 0 Å². The molecule has 0 radical (unpaired) electrons. The second kappa shape index (κ2) is 12.7. The molecule has 0 saturated carbocycles. The van der Waals surface area contributed by atoms with Gasteiger partial charge >= 0.3 is 47.6 Å². The summed E-state index contributed by atoms with van der Waals surface area (Å²) in [7, 11) is 0. The van der Waals surface area contributed by atoms with E-state index in [1.807, 2.05) is 6.92 Å². The quantitative estimate of drug-likeness (QED) is 0.0866. The van der Waals surface area contributed by atoms with Crippen molar-refractivity contribution in [2.75, 3.05) is 5.75 Å². The zero-order valence-corrected chi connectivity index (χ0v) is 23.0. The van der Waals surface area contributed by atoms with Crippen molar-refractivity contribution in [3.63, 3.8) is 0 Å². The lowest BCUT2D eigenvalue weighted by Crippen LogP contribution is -2.74. The summed E-state index contributed by atoms with van der Waals surface area (Å²) in [6, 6.07) is 2.97. The highest BCUT2D eigenvalue weighted by Gasteiger charge is 2.95. The monoisotopic (exact) mass is 678 g/mol. The lowest BCUT2D eigenvalue weighted by Gasteiger charge is -2.42. The Morgan fingerprint density at radius 1 is 0.628 bits per heavy atom. The molecule has 0 nitrogen and oxygen atoms in total. The first kappa shape index (κ1) is 39.0. The molecule has 0 N–H and O–H groups in total. The van der Waals surface area contributed by atoms with Gasteiger partial charge in [0.2, 0.25) is 0 Å². The molecule has 1 rings (SSSR count). The van der Waals surface area contributed by atoms with Crippen LogP contribution in [0.4, 0.5) is 74.6 Å². The van der Waals surface area contributed by atoms with E-state index >= 15 is 0 Å². The van der Waals surface area contributed by atoms with Crippen molar-refractivity contribution in [1.82, 2.24) is 0 Å². The van der Waals surface area contributed by atoms with Gasteiger partial charge in [0.15, 0.2) is 0 Å². The minimum absolute atomic E-state index is 0.0147. The van der Waals surface area contributed by atoms with Gasteiger partial charge in [-0.1, -0.05) is 25.3 Å². The highest BCUT2D eigenvalue weighted by molar-refractivity contribution is 7.99. The minimum Gasteiger partial charge on any atom is -0.200 e. The van der Waals surface area contributed by atoms with Crippen LogP contribution in [0.3, 0.4) is 0 Å². The Balaban J connectivity index is 3.35. The molecule has 0 bridgehead atoms. The van der Waals surface area contributed by atoms with E-state index in [9.17, 15) is 74.6 Å². The Morgan fingerprint density at radius 2 is 1.09 bits per heavy atom. The van der Waals surface area contributed by atoms with Crippen LogP contribution in [0, 0.1) is 25.7 Å². The van der Waals surface area contributed by atoms with Crippen LogP contribution in [0.15, 0.2) is 17.0 Å². The highest BCUT2D eigenvalue weighted by Crippen LogP contribution is 2.64. The van der Waals surface area contributed by atoms with Crippen molar-refractivity contribution in [3.8, 4) is 11.8 Å². The van der Waals surface area contributed by atoms with Crippen molar-refractivity contribution in [2.45, 2.75) is 105 Å². The molecule has 0 aliphatic carbocycles. The fourth-order valence-electron chi connectivity index (χ4n) is 3.46. The molecule has 18 heteroatoms. The molecular weight excluding hydrogens is 655 g/mol. The van der Waals surface area contributed by atoms with E-state index in [1.54, 1.807) is 13.0 Å². The summed E-state index contributed by atoms with van der Waals surface area (Å²) in [4.78, 5) is 0.110. The first-order valence-corrected chi connectivity index (χ1v) is 13.0. The predicted octanol–water partition coefficient (Wildman–Crippen LogP) is 10.5. The van der Waals surface area contributed by atoms with Crippen molar-refractivity contribution < 1.29 is 74.6 Å². The maximum atomic E-state index is 14.3. The minimum atomic E-state index is -8.62. The van der Waals surface area contributed by atoms with Crippen LogP contribution in [0.25, 0.3) is 0 Å². The van der Waals surface area contributed by atoms with Gasteiger partial charge in [-0.3, -0.25) is 0 Å². The molecule has 0 aromatic heterocycles. The van der Waals surface area contributed by atoms with E-state index in [2.05, 4.69) is 11.8 Å². The standard InChI is InChI=1S/C25H23F17S/c1-4-5-6-7-8-9-16-15(3)12-14(2)13-17(16)43-11-10-18(26,27)19(28,29)20(30,31)21(32,33)22(34,35)23(36,37)24(38,39)25(40,41)42/h12-13H,4-6,9-11H2,1-3H3. The molecule has 0 aliphatic rings. The second-order valence-electron chi connectivity index (χ2n) is 9.44. The van der Waals surface area contributed by atoms with Gasteiger partial charge in [-0.05, 0) is 43.0 Å².